The number of nitrogens with one attached hydrogen (secondary N) is 1. The fraction of sp³-hybridized carbons (Fsp3) is 0.0370. The number of aromatic amines is 1. The third-order valence-corrected chi connectivity index (χ3v) is 5.22. The maximum absolute atomic E-state index is 13.0. The summed E-state index contributed by atoms with van der Waals surface area (Å²) in [4.78, 5) is 18.9. The predicted molar refractivity (Wildman–Crippen MR) is 126 cm³/mol. The molecule has 6 nitrogen and oxygen atoms in total. The van der Waals surface area contributed by atoms with Gasteiger partial charge in [0.25, 0.3) is 0 Å². The highest BCUT2D eigenvalue weighted by molar-refractivity contribution is 5.93. The fourth-order valence-electron chi connectivity index (χ4n) is 3.47. The topological polar surface area (TPSA) is 84.4 Å². The van der Waals surface area contributed by atoms with Crippen LogP contribution in [0.4, 0.5) is 4.39 Å². The standard InChI is InChI=1S/C27H19FN2O4/c28-20-9-4-17(5-10-20)16-33-22-2-1-3-23(15-22)34-21-11-6-18(7-12-21)26-29-24-13-8-19(27(31)32)14-25(24)30-26/h1-15H,16H2,(H,29,30)(H,31,32). The van der Waals surface area contributed by atoms with E-state index in [1.54, 1.807) is 30.3 Å². The van der Waals surface area contributed by atoms with E-state index in [9.17, 15) is 9.18 Å². The van der Waals surface area contributed by atoms with E-state index in [2.05, 4.69) is 9.97 Å². The van der Waals surface area contributed by atoms with Crippen LogP contribution in [-0.2, 0) is 6.61 Å². The Labute approximate surface area is 194 Å². The highest BCUT2D eigenvalue weighted by Crippen LogP contribution is 2.28. The molecule has 0 aliphatic rings. The summed E-state index contributed by atoms with van der Waals surface area (Å²) >= 11 is 0. The average molecular weight is 454 g/mol. The van der Waals surface area contributed by atoms with Crippen molar-refractivity contribution in [2.75, 3.05) is 0 Å². The van der Waals surface area contributed by atoms with Crippen molar-refractivity contribution in [3.8, 4) is 28.6 Å². The summed E-state index contributed by atoms with van der Waals surface area (Å²) in [5, 5.41) is 9.16. The normalized spacial score (nSPS) is 10.9. The smallest absolute Gasteiger partial charge is 0.335 e. The number of imidazole rings is 1. The molecule has 34 heavy (non-hydrogen) atoms. The van der Waals surface area contributed by atoms with Crippen molar-refractivity contribution in [1.29, 1.82) is 0 Å². The number of rotatable bonds is 7. The van der Waals surface area contributed by atoms with Gasteiger partial charge in [-0.15, -0.1) is 0 Å². The molecule has 7 heteroatoms. The number of carboxylic acid groups (broad SMARTS) is 1. The lowest BCUT2D eigenvalue weighted by molar-refractivity contribution is 0.0697. The Bertz CT molecular complexity index is 1460. The van der Waals surface area contributed by atoms with Crippen molar-refractivity contribution in [2.24, 2.45) is 0 Å². The van der Waals surface area contributed by atoms with Crippen molar-refractivity contribution in [1.82, 2.24) is 9.97 Å². The van der Waals surface area contributed by atoms with E-state index in [1.165, 1.54) is 18.2 Å². The van der Waals surface area contributed by atoms with Crippen LogP contribution in [-0.4, -0.2) is 21.0 Å². The number of nitrogens with zero attached hydrogens (tertiary/aromatic N) is 1. The summed E-state index contributed by atoms with van der Waals surface area (Å²) in [5.74, 6) is 1.28. The molecular weight excluding hydrogens is 435 g/mol. The number of aromatic nitrogens is 2. The van der Waals surface area contributed by atoms with Crippen LogP contribution in [0.5, 0.6) is 17.2 Å². The van der Waals surface area contributed by atoms with Gasteiger partial charge in [-0.25, -0.2) is 14.2 Å². The highest BCUT2D eigenvalue weighted by atomic mass is 19.1. The molecule has 1 heterocycles. The minimum atomic E-state index is -0.982. The van der Waals surface area contributed by atoms with Gasteiger partial charge in [0.1, 0.15) is 35.5 Å². The molecular formula is C27H19FN2O4. The number of hydrogen-bond donors (Lipinski definition) is 2. The summed E-state index contributed by atoms with van der Waals surface area (Å²) in [6.07, 6.45) is 0. The van der Waals surface area contributed by atoms with Crippen LogP contribution < -0.4 is 9.47 Å². The number of benzene rings is 4. The van der Waals surface area contributed by atoms with Crippen LogP contribution in [0, 0.1) is 5.82 Å². The van der Waals surface area contributed by atoms with Gasteiger partial charge in [-0.05, 0) is 72.3 Å². The number of hydrogen-bond acceptors (Lipinski definition) is 4. The first kappa shape index (κ1) is 21.2. The molecule has 0 spiro atoms. The van der Waals surface area contributed by atoms with Crippen LogP contribution in [0.25, 0.3) is 22.4 Å². The molecule has 0 amide bonds. The second-order valence-corrected chi connectivity index (χ2v) is 7.64. The van der Waals surface area contributed by atoms with Crippen molar-refractivity contribution < 1.29 is 23.8 Å². The van der Waals surface area contributed by atoms with E-state index in [1.807, 2.05) is 42.5 Å². The number of halogens is 1. The van der Waals surface area contributed by atoms with Gasteiger partial charge < -0.3 is 19.6 Å². The Kier molecular flexibility index (Phi) is 5.66. The number of H-pyrrole nitrogens is 1. The van der Waals surface area contributed by atoms with Gasteiger partial charge in [-0.1, -0.05) is 18.2 Å². The van der Waals surface area contributed by atoms with Gasteiger partial charge in [-0.2, -0.15) is 0 Å². The minimum absolute atomic E-state index is 0.204. The van der Waals surface area contributed by atoms with E-state index in [4.69, 9.17) is 14.6 Å². The molecule has 4 aromatic carbocycles. The second-order valence-electron chi connectivity index (χ2n) is 7.64. The zero-order valence-electron chi connectivity index (χ0n) is 17.9. The molecule has 5 rings (SSSR count). The second kappa shape index (κ2) is 9.07. The molecule has 1 aromatic heterocycles. The largest absolute Gasteiger partial charge is 0.489 e. The summed E-state index contributed by atoms with van der Waals surface area (Å²) in [6.45, 7) is 0.323. The van der Waals surface area contributed by atoms with Crippen molar-refractivity contribution in [3.05, 3.63) is 108 Å². The molecule has 0 radical (unpaired) electrons. The van der Waals surface area contributed by atoms with Gasteiger partial charge in [0.15, 0.2) is 0 Å². The van der Waals surface area contributed by atoms with E-state index in [0.29, 0.717) is 40.7 Å². The molecule has 0 bridgehead atoms. The quantitative estimate of drug-likeness (QED) is 0.296. The van der Waals surface area contributed by atoms with E-state index >= 15 is 0 Å². The third-order valence-electron chi connectivity index (χ3n) is 5.22. The SMILES string of the molecule is O=C(O)c1ccc2nc(-c3ccc(Oc4cccc(OCc5ccc(F)cc5)c4)cc3)[nH]c2c1. The Morgan fingerprint density at radius 3 is 2.41 bits per heavy atom. The zero-order chi connectivity index (χ0) is 23.5. The lowest BCUT2D eigenvalue weighted by Crippen LogP contribution is -1.95. The third kappa shape index (κ3) is 4.73. The minimum Gasteiger partial charge on any atom is -0.489 e. The Hall–Kier alpha value is -4.65. The number of carbonyl (C=O) groups is 1. The molecule has 0 saturated carbocycles. The van der Waals surface area contributed by atoms with Crippen molar-refractivity contribution in [3.63, 3.8) is 0 Å². The summed E-state index contributed by atoms with van der Waals surface area (Å²) in [7, 11) is 0. The first-order valence-electron chi connectivity index (χ1n) is 10.5. The lowest BCUT2D eigenvalue weighted by atomic mass is 10.2. The Morgan fingerprint density at radius 1 is 0.882 bits per heavy atom. The molecule has 5 aromatic rings. The van der Waals surface area contributed by atoms with Gasteiger partial charge >= 0.3 is 5.97 Å². The van der Waals surface area contributed by atoms with Crippen LogP contribution in [0.3, 0.4) is 0 Å². The summed E-state index contributed by atoms with van der Waals surface area (Å²) < 4.78 is 24.8. The highest BCUT2D eigenvalue weighted by Gasteiger charge is 2.09. The number of fused-ring (bicyclic) bond motifs is 1. The van der Waals surface area contributed by atoms with Crippen LogP contribution >= 0.6 is 0 Å². The zero-order valence-corrected chi connectivity index (χ0v) is 17.9. The summed E-state index contributed by atoms with van der Waals surface area (Å²) in [6, 6.07) is 25.7. The van der Waals surface area contributed by atoms with Crippen LogP contribution in [0.2, 0.25) is 0 Å². The van der Waals surface area contributed by atoms with Gasteiger partial charge in [0.2, 0.25) is 0 Å². The molecule has 0 aliphatic heterocycles. The molecule has 168 valence electrons. The van der Waals surface area contributed by atoms with Crippen molar-refractivity contribution >= 4 is 17.0 Å². The van der Waals surface area contributed by atoms with E-state index in [0.717, 1.165) is 11.1 Å². The Morgan fingerprint density at radius 2 is 1.65 bits per heavy atom. The molecule has 0 atom stereocenters. The molecule has 0 unspecified atom stereocenters. The van der Waals surface area contributed by atoms with E-state index < -0.39 is 5.97 Å². The summed E-state index contributed by atoms with van der Waals surface area (Å²) in [5.41, 5.74) is 3.27. The first-order chi connectivity index (χ1) is 16.5. The maximum atomic E-state index is 13.0. The predicted octanol–water partition coefficient (Wildman–Crippen LogP) is 6.44. The molecule has 2 N–H and O–H groups in total. The Balaban J connectivity index is 1.27. The van der Waals surface area contributed by atoms with Crippen molar-refractivity contribution in [2.45, 2.75) is 6.61 Å². The first-order valence-corrected chi connectivity index (χ1v) is 10.5. The monoisotopic (exact) mass is 454 g/mol. The maximum Gasteiger partial charge on any atom is 0.335 e. The average Bonchev–Trinajstić information content (AvgIpc) is 3.28. The van der Waals surface area contributed by atoms with Gasteiger partial charge in [-0.3, -0.25) is 0 Å². The van der Waals surface area contributed by atoms with Crippen LogP contribution in [0.1, 0.15) is 15.9 Å². The fourth-order valence-corrected chi connectivity index (χ4v) is 3.47. The lowest BCUT2D eigenvalue weighted by Gasteiger charge is -2.10. The number of carboxylic acids is 1. The number of aromatic carboxylic acids is 1. The van der Waals surface area contributed by atoms with Gasteiger partial charge in [0.05, 0.1) is 16.6 Å². The molecule has 0 aliphatic carbocycles. The van der Waals surface area contributed by atoms with Gasteiger partial charge in [0, 0.05) is 11.6 Å². The molecule has 0 saturated heterocycles. The van der Waals surface area contributed by atoms with E-state index in [-0.39, 0.29) is 11.4 Å². The number of ether oxygens (including phenoxy) is 2. The molecule has 0 fully saturated rings. The van der Waals surface area contributed by atoms with Crippen LogP contribution in [0.15, 0.2) is 91.0 Å².